The lowest BCUT2D eigenvalue weighted by Gasteiger charge is -2.31. The van der Waals surface area contributed by atoms with Crippen LogP contribution in [0.25, 0.3) is 0 Å². The van der Waals surface area contributed by atoms with E-state index in [1.54, 1.807) is 18.4 Å². The van der Waals surface area contributed by atoms with Gasteiger partial charge < -0.3 is 10.5 Å². The fourth-order valence-electron chi connectivity index (χ4n) is 3.06. The van der Waals surface area contributed by atoms with Crippen LogP contribution in [0.5, 0.6) is 5.75 Å². The van der Waals surface area contributed by atoms with Crippen LogP contribution in [0, 0.1) is 5.92 Å². The van der Waals surface area contributed by atoms with Gasteiger partial charge in [0.25, 0.3) is 0 Å². The maximum absolute atomic E-state index is 5.69. The van der Waals surface area contributed by atoms with Crippen molar-refractivity contribution in [3.63, 3.8) is 0 Å². The Morgan fingerprint density at radius 2 is 1.96 bits per heavy atom. The van der Waals surface area contributed by atoms with Crippen molar-refractivity contribution >= 4 is 28.9 Å². The number of nitrogens with zero attached hydrogens (tertiary/aromatic N) is 2. The van der Waals surface area contributed by atoms with Crippen molar-refractivity contribution in [2.75, 3.05) is 25.9 Å². The molecule has 1 aliphatic rings. The minimum Gasteiger partial charge on any atom is -0.497 e. The molecule has 0 amide bonds. The van der Waals surface area contributed by atoms with E-state index in [-0.39, 0.29) is 12.4 Å². The second-order valence-electron chi connectivity index (χ2n) is 5.94. The molecule has 126 valence electrons. The van der Waals surface area contributed by atoms with E-state index >= 15 is 0 Å². The Bertz CT molecular complexity index is 594. The van der Waals surface area contributed by atoms with Gasteiger partial charge in [-0.05, 0) is 56.0 Å². The summed E-state index contributed by atoms with van der Waals surface area (Å²) in [6, 6.07) is 8.48. The van der Waals surface area contributed by atoms with E-state index in [1.165, 1.54) is 42.8 Å². The third kappa shape index (κ3) is 5.09. The Morgan fingerprint density at radius 1 is 1.26 bits per heavy atom. The number of ether oxygens (including phenoxy) is 1. The Kier molecular flexibility index (Phi) is 6.69. The van der Waals surface area contributed by atoms with Gasteiger partial charge >= 0.3 is 0 Å². The minimum absolute atomic E-state index is 0. The molecular weight excluding hydrogens is 330 g/mol. The van der Waals surface area contributed by atoms with E-state index in [2.05, 4.69) is 34.1 Å². The zero-order valence-electron chi connectivity index (χ0n) is 13.4. The molecule has 0 aliphatic carbocycles. The molecule has 0 atom stereocenters. The van der Waals surface area contributed by atoms with Crippen LogP contribution in [0.3, 0.4) is 0 Å². The quantitative estimate of drug-likeness (QED) is 0.892. The molecule has 0 bridgehead atoms. The molecule has 1 aromatic heterocycles. The molecule has 1 aliphatic heterocycles. The number of likely N-dealkylation sites (tertiary alicyclic amines) is 1. The number of benzene rings is 1. The molecule has 0 radical (unpaired) electrons. The van der Waals surface area contributed by atoms with E-state index in [0.29, 0.717) is 5.13 Å². The van der Waals surface area contributed by atoms with Crippen molar-refractivity contribution in [2.45, 2.75) is 25.8 Å². The first-order valence-corrected chi connectivity index (χ1v) is 8.60. The molecule has 6 heteroatoms. The van der Waals surface area contributed by atoms with Crippen molar-refractivity contribution in [2.24, 2.45) is 5.92 Å². The third-order valence-electron chi connectivity index (χ3n) is 4.34. The number of nitrogens with two attached hydrogens (primary N) is 1. The van der Waals surface area contributed by atoms with Crippen LogP contribution in [-0.4, -0.2) is 30.1 Å². The van der Waals surface area contributed by atoms with Gasteiger partial charge in [-0.1, -0.05) is 12.1 Å². The van der Waals surface area contributed by atoms with Crippen LogP contribution in [0.4, 0.5) is 5.13 Å². The van der Waals surface area contributed by atoms with Crippen molar-refractivity contribution in [3.05, 3.63) is 40.9 Å². The average molecular weight is 354 g/mol. The number of halogens is 1. The highest BCUT2D eigenvalue weighted by Gasteiger charge is 2.20. The first-order valence-electron chi connectivity index (χ1n) is 7.78. The van der Waals surface area contributed by atoms with Crippen LogP contribution in [-0.2, 0) is 13.0 Å². The lowest BCUT2D eigenvalue weighted by molar-refractivity contribution is 0.178. The molecule has 1 saturated heterocycles. The highest BCUT2D eigenvalue weighted by molar-refractivity contribution is 7.15. The number of piperidine rings is 1. The summed E-state index contributed by atoms with van der Waals surface area (Å²) in [4.78, 5) is 7.91. The summed E-state index contributed by atoms with van der Waals surface area (Å²) < 4.78 is 5.21. The lowest BCUT2D eigenvalue weighted by Crippen LogP contribution is -2.33. The SMILES string of the molecule is COc1ccc(CC2CCN(Cc3cnc(N)s3)CC2)cc1.Cl. The first kappa shape index (κ1) is 18.0. The standard InChI is InChI=1S/C17H23N3OS.ClH/c1-21-15-4-2-13(3-5-15)10-14-6-8-20(9-7-14)12-16-11-19-17(18)22-16;/h2-5,11,14H,6-10,12H2,1H3,(H2,18,19);1H. The maximum atomic E-state index is 5.69. The molecule has 23 heavy (non-hydrogen) atoms. The molecule has 2 N–H and O–H groups in total. The summed E-state index contributed by atoms with van der Waals surface area (Å²) in [5.41, 5.74) is 7.10. The van der Waals surface area contributed by atoms with Crippen LogP contribution in [0.1, 0.15) is 23.3 Å². The van der Waals surface area contributed by atoms with E-state index < -0.39 is 0 Å². The van der Waals surface area contributed by atoms with Gasteiger partial charge in [0.05, 0.1) is 7.11 Å². The molecule has 0 spiro atoms. The molecule has 3 rings (SSSR count). The lowest BCUT2D eigenvalue weighted by atomic mass is 9.90. The third-order valence-corrected chi connectivity index (χ3v) is 5.15. The molecule has 2 aromatic rings. The van der Waals surface area contributed by atoms with Crippen LogP contribution in [0.2, 0.25) is 0 Å². The fourth-order valence-corrected chi connectivity index (χ4v) is 3.79. The van der Waals surface area contributed by atoms with E-state index in [9.17, 15) is 0 Å². The monoisotopic (exact) mass is 353 g/mol. The number of hydrogen-bond acceptors (Lipinski definition) is 5. The predicted molar refractivity (Wildman–Crippen MR) is 98.5 cm³/mol. The van der Waals surface area contributed by atoms with E-state index in [0.717, 1.165) is 18.2 Å². The summed E-state index contributed by atoms with van der Waals surface area (Å²) in [6.07, 6.45) is 5.61. The Hall–Kier alpha value is -1.30. The normalized spacial score (nSPS) is 16.0. The number of anilines is 1. The van der Waals surface area contributed by atoms with Crippen molar-refractivity contribution < 1.29 is 4.74 Å². The second-order valence-corrected chi connectivity index (χ2v) is 7.08. The first-order chi connectivity index (χ1) is 10.7. The highest BCUT2D eigenvalue weighted by atomic mass is 35.5. The largest absolute Gasteiger partial charge is 0.497 e. The summed E-state index contributed by atoms with van der Waals surface area (Å²) >= 11 is 1.60. The highest BCUT2D eigenvalue weighted by Crippen LogP contribution is 2.25. The fraction of sp³-hybridized carbons (Fsp3) is 0.471. The molecule has 1 aromatic carbocycles. The number of nitrogen functional groups attached to an aromatic ring is 1. The number of methoxy groups -OCH3 is 1. The Labute approximate surface area is 148 Å². The Balaban J connectivity index is 0.00000192. The second kappa shape index (κ2) is 8.52. The van der Waals surface area contributed by atoms with Gasteiger partial charge in [0, 0.05) is 17.6 Å². The van der Waals surface area contributed by atoms with E-state index in [4.69, 9.17) is 10.5 Å². The van der Waals surface area contributed by atoms with Crippen LogP contribution >= 0.6 is 23.7 Å². The molecule has 0 unspecified atom stereocenters. The number of hydrogen-bond donors (Lipinski definition) is 1. The van der Waals surface area contributed by atoms with Crippen LogP contribution in [0.15, 0.2) is 30.5 Å². The zero-order valence-corrected chi connectivity index (χ0v) is 15.0. The minimum atomic E-state index is 0. The van der Waals surface area contributed by atoms with E-state index in [1.807, 2.05) is 6.20 Å². The van der Waals surface area contributed by atoms with Gasteiger partial charge in [-0.25, -0.2) is 4.98 Å². The van der Waals surface area contributed by atoms with Gasteiger partial charge in [-0.3, -0.25) is 4.90 Å². The average Bonchev–Trinajstić information content (AvgIpc) is 2.95. The van der Waals surface area contributed by atoms with Gasteiger partial charge in [-0.2, -0.15) is 0 Å². The maximum Gasteiger partial charge on any atom is 0.180 e. The number of aromatic nitrogens is 1. The molecule has 1 fully saturated rings. The number of thiazole rings is 1. The van der Waals surface area contributed by atoms with Gasteiger partial charge in [0.2, 0.25) is 0 Å². The van der Waals surface area contributed by atoms with Gasteiger partial charge in [0.15, 0.2) is 5.13 Å². The summed E-state index contributed by atoms with van der Waals surface area (Å²) in [6.45, 7) is 3.32. The molecule has 4 nitrogen and oxygen atoms in total. The summed E-state index contributed by atoms with van der Waals surface area (Å²) in [5, 5.41) is 0.671. The Morgan fingerprint density at radius 3 is 2.52 bits per heavy atom. The van der Waals surface area contributed by atoms with Crippen molar-refractivity contribution in [3.8, 4) is 5.75 Å². The summed E-state index contributed by atoms with van der Waals surface area (Å²) in [5.74, 6) is 1.72. The summed E-state index contributed by atoms with van der Waals surface area (Å²) in [7, 11) is 1.71. The smallest absolute Gasteiger partial charge is 0.180 e. The topological polar surface area (TPSA) is 51.4 Å². The molecular formula is C17H24ClN3OS. The predicted octanol–water partition coefficient (Wildman–Crippen LogP) is 3.61. The van der Waals surface area contributed by atoms with Crippen LogP contribution < -0.4 is 10.5 Å². The number of rotatable bonds is 5. The van der Waals surface area contributed by atoms with Gasteiger partial charge in [-0.15, -0.1) is 23.7 Å². The van der Waals surface area contributed by atoms with Gasteiger partial charge in [0.1, 0.15) is 5.75 Å². The van der Waals surface area contributed by atoms with Crippen molar-refractivity contribution in [1.82, 2.24) is 9.88 Å². The molecule has 2 heterocycles. The molecule has 0 saturated carbocycles. The van der Waals surface area contributed by atoms with Crippen molar-refractivity contribution in [1.29, 1.82) is 0 Å². The zero-order chi connectivity index (χ0) is 15.4.